The normalized spacial score (nSPS) is 11.2. The Morgan fingerprint density at radius 3 is 2.41 bits per heavy atom. The lowest BCUT2D eigenvalue weighted by atomic mass is 10.1. The van der Waals surface area contributed by atoms with Crippen LogP contribution in [-0.4, -0.2) is 39.0 Å². The van der Waals surface area contributed by atoms with E-state index in [-0.39, 0.29) is 30.7 Å². The number of carbonyl (C=O) groups excluding carboxylic acids is 2. The van der Waals surface area contributed by atoms with E-state index < -0.39 is 15.9 Å². The molecule has 0 spiro atoms. The van der Waals surface area contributed by atoms with E-state index in [1.165, 1.54) is 13.0 Å². The number of amides is 1. The van der Waals surface area contributed by atoms with Gasteiger partial charge in [-0.2, -0.15) is 0 Å². The number of hydrogen-bond donors (Lipinski definition) is 1. The standard InChI is InChI=1S/C21H26N2O5S/c1-15(2)28-20-10-5-7-17(11-20)13-22-21(25)14-23(29(4,26)27)19-9-6-8-18(12-19)16(3)24/h5-12,15H,13-14H2,1-4H3,(H,22,25). The molecular weight excluding hydrogens is 392 g/mol. The van der Waals surface area contributed by atoms with Crippen LogP contribution in [0.1, 0.15) is 36.7 Å². The number of carbonyl (C=O) groups is 2. The van der Waals surface area contributed by atoms with Crippen molar-refractivity contribution in [3.05, 3.63) is 59.7 Å². The SMILES string of the molecule is CC(=O)c1cccc(N(CC(=O)NCc2cccc(OC(C)C)c2)S(C)(=O)=O)c1. The highest BCUT2D eigenvalue weighted by atomic mass is 32.2. The highest BCUT2D eigenvalue weighted by Gasteiger charge is 2.21. The summed E-state index contributed by atoms with van der Waals surface area (Å²) in [6.07, 6.45) is 1.06. The predicted molar refractivity (Wildman–Crippen MR) is 113 cm³/mol. The Kier molecular flexibility index (Phi) is 7.39. The maximum atomic E-state index is 12.4. The largest absolute Gasteiger partial charge is 0.491 e. The smallest absolute Gasteiger partial charge is 0.241 e. The summed E-state index contributed by atoms with van der Waals surface area (Å²) in [7, 11) is -3.72. The zero-order valence-corrected chi connectivity index (χ0v) is 17.8. The van der Waals surface area contributed by atoms with E-state index in [1.807, 2.05) is 38.1 Å². The van der Waals surface area contributed by atoms with Gasteiger partial charge in [0.2, 0.25) is 15.9 Å². The molecule has 0 fully saturated rings. The van der Waals surface area contributed by atoms with Crippen molar-refractivity contribution < 1.29 is 22.7 Å². The fourth-order valence-electron chi connectivity index (χ4n) is 2.67. The first-order valence-electron chi connectivity index (χ1n) is 9.17. The average Bonchev–Trinajstić information content (AvgIpc) is 2.63. The molecule has 0 unspecified atom stereocenters. The maximum Gasteiger partial charge on any atom is 0.241 e. The Balaban J connectivity index is 2.10. The van der Waals surface area contributed by atoms with Crippen molar-refractivity contribution in [2.75, 3.05) is 17.1 Å². The Morgan fingerprint density at radius 2 is 1.79 bits per heavy atom. The summed E-state index contributed by atoms with van der Waals surface area (Å²) in [5, 5.41) is 2.72. The van der Waals surface area contributed by atoms with Gasteiger partial charge in [0.05, 0.1) is 18.0 Å². The quantitative estimate of drug-likeness (QED) is 0.632. The number of nitrogens with zero attached hydrogens (tertiary/aromatic N) is 1. The number of sulfonamides is 1. The molecule has 0 bridgehead atoms. The lowest BCUT2D eigenvalue weighted by molar-refractivity contribution is -0.119. The van der Waals surface area contributed by atoms with Gasteiger partial charge in [-0.1, -0.05) is 24.3 Å². The van der Waals surface area contributed by atoms with E-state index in [1.54, 1.807) is 18.2 Å². The molecule has 2 aromatic carbocycles. The van der Waals surface area contributed by atoms with Gasteiger partial charge in [0.1, 0.15) is 12.3 Å². The van der Waals surface area contributed by atoms with E-state index in [2.05, 4.69) is 5.32 Å². The van der Waals surface area contributed by atoms with Crippen molar-refractivity contribution in [2.45, 2.75) is 33.4 Å². The third-order valence-electron chi connectivity index (χ3n) is 3.99. The number of ketones is 1. The fraction of sp³-hybridized carbons (Fsp3) is 0.333. The van der Waals surface area contributed by atoms with Gasteiger partial charge in [-0.15, -0.1) is 0 Å². The minimum Gasteiger partial charge on any atom is -0.491 e. The summed E-state index contributed by atoms with van der Waals surface area (Å²) >= 11 is 0. The highest BCUT2D eigenvalue weighted by molar-refractivity contribution is 7.92. The van der Waals surface area contributed by atoms with E-state index >= 15 is 0 Å². The molecule has 2 aromatic rings. The van der Waals surface area contributed by atoms with Crippen molar-refractivity contribution >= 4 is 27.4 Å². The zero-order valence-electron chi connectivity index (χ0n) is 17.0. The molecule has 156 valence electrons. The van der Waals surface area contributed by atoms with E-state index in [0.717, 1.165) is 16.1 Å². The topological polar surface area (TPSA) is 92.8 Å². The number of ether oxygens (including phenoxy) is 1. The Labute approximate surface area is 171 Å². The molecule has 29 heavy (non-hydrogen) atoms. The fourth-order valence-corrected chi connectivity index (χ4v) is 3.52. The molecule has 7 nitrogen and oxygen atoms in total. The minimum absolute atomic E-state index is 0.0360. The van der Waals surface area contributed by atoms with Crippen LogP contribution in [0.2, 0.25) is 0 Å². The Bertz CT molecular complexity index is 986. The van der Waals surface area contributed by atoms with Gasteiger partial charge in [-0.3, -0.25) is 13.9 Å². The molecule has 0 aliphatic heterocycles. The maximum absolute atomic E-state index is 12.4. The van der Waals surface area contributed by atoms with Gasteiger partial charge in [0.25, 0.3) is 0 Å². The van der Waals surface area contributed by atoms with Gasteiger partial charge in [0, 0.05) is 12.1 Å². The van der Waals surface area contributed by atoms with Gasteiger partial charge in [0.15, 0.2) is 5.78 Å². The molecular formula is C21H26N2O5S. The number of benzene rings is 2. The molecule has 8 heteroatoms. The second-order valence-corrected chi connectivity index (χ2v) is 8.87. The highest BCUT2D eigenvalue weighted by Crippen LogP contribution is 2.19. The van der Waals surface area contributed by atoms with E-state index in [4.69, 9.17) is 4.74 Å². The summed E-state index contributed by atoms with van der Waals surface area (Å²) in [6.45, 7) is 5.10. The third-order valence-corrected chi connectivity index (χ3v) is 5.13. The minimum atomic E-state index is -3.72. The molecule has 1 amide bonds. The third kappa shape index (κ3) is 6.90. The van der Waals surface area contributed by atoms with Gasteiger partial charge in [-0.25, -0.2) is 8.42 Å². The summed E-state index contributed by atoms with van der Waals surface area (Å²) < 4.78 is 31.0. The molecule has 0 radical (unpaired) electrons. The molecule has 0 saturated heterocycles. The van der Waals surface area contributed by atoms with Crippen LogP contribution in [-0.2, 0) is 21.4 Å². The van der Waals surface area contributed by atoms with Crippen molar-refractivity contribution in [2.24, 2.45) is 0 Å². The van der Waals surface area contributed by atoms with Gasteiger partial charge >= 0.3 is 0 Å². The number of Topliss-reactive ketones (excluding diaryl/α,β-unsaturated/α-hetero) is 1. The first-order chi connectivity index (χ1) is 13.6. The second kappa shape index (κ2) is 9.56. The van der Waals surface area contributed by atoms with Crippen molar-refractivity contribution in [1.82, 2.24) is 5.32 Å². The molecule has 0 atom stereocenters. The zero-order chi connectivity index (χ0) is 21.6. The van der Waals surface area contributed by atoms with Gasteiger partial charge < -0.3 is 10.1 Å². The monoisotopic (exact) mass is 418 g/mol. The van der Waals surface area contributed by atoms with Crippen LogP contribution in [0.25, 0.3) is 0 Å². The lowest BCUT2D eigenvalue weighted by Crippen LogP contribution is -2.40. The average molecular weight is 419 g/mol. The van der Waals surface area contributed by atoms with Crippen LogP contribution in [0, 0.1) is 0 Å². The van der Waals surface area contributed by atoms with Crippen LogP contribution in [0.5, 0.6) is 5.75 Å². The van der Waals surface area contributed by atoms with Gasteiger partial charge in [-0.05, 0) is 50.6 Å². The van der Waals surface area contributed by atoms with Crippen molar-refractivity contribution in [3.63, 3.8) is 0 Å². The molecule has 0 aliphatic rings. The summed E-state index contributed by atoms with van der Waals surface area (Å²) in [5.74, 6) is 0.0534. The summed E-state index contributed by atoms with van der Waals surface area (Å²) in [5.41, 5.74) is 1.47. The Morgan fingerprint density at radius 1 is 1.10 bits per heavy atom. The van der Waals surface area contributed by atoms with Crippen LogP contribution in [0.15, 0.2) is 48.5 Å². The molecule has 0 heterocycles. The second-order valence-electron chi connectivity index (χ2n) is 6.97. The number of rotatable bonds is 9. The molecule has 2 rings (SSSR count). The van der Waals surface area contributed by atoms with Crippen LogP contribution in [0.3, 0.4) is 0 Å². The van der Waals surface area contributed by atoms with Crippen LogP contribution < -0.4 is 14.4 Å². The molecule has 0 aromatic heterocycles. The molecule has 1 N–H and O–H groups in total. The first-order valence-corrected chi connectivity index (χ1v) is 11.0. The van der Waals surface area contributed by atoms with E-state index in [9.17, 15) is 18.0 Å². The first kappa shape index (κ1) is 22.4. The predicted octanol–water partition coefficient (Wildman–Crippen LogP) is 2.76. The van der Waals surface area contributed by atoms with Crippen molar-refractivity contribution in [3.8, 4) is 5.75 Å². The Hall–Kier alpha value is -2.87. The summed E-state index contributed by atoms with van der Waals surface area (Å²) in [6, 6.07) is 13.5. The lowest BCUT2D eigenvalue weighted by Gasteiger charge is -2.22. The van der Waals surface area contributed by atoms with Crippen molar-refractivity contribution in [1.29, 1.82) is 0 Å². The van der Waals surface area contributed by atoms with Crippen LogP contribution in [0.4, 0.5) is 5.69 Å². The van der Waals surface area contributed by atoms with Crippen LogP contribution >= 0.6 is 0 Å². The number of hydrogen-bond acceptors (Lipinski definition) is 5. The summed E-state index contributed by atoms with van der Waals surface area (Å²) in [4.78, 5) is 24.0. The number of nitrogens with one attached hydrogen (secondary N) is 1. The number of anilines is 1. The molecule has 0 aliphatic carbocycles. The van der Waals surface area contributed by atoms with E-state index in [0.29, 0.717) is 11.3 Å². The molecule has 0 saturated carbocycles.